The summed E-state index contributed by atoms with van der Waals surface area (Å²) >= 11 is 6.01. The molecule has 0 aliphatic heterocycles. The molecule has 0 unspecified atom stereocenters. The Hall–Kier alpha value is -2.86. The van der Waals surface area contributed by atoms with Gasteiger partial charge in [-0.05, 0) is 36.8 Å². The molecule has 2 amide bonds. The Morgan fingerprint density at radius 2 is 1.80 bits per heavy atom. The Morgan fingerprint density at radius 1 is 1.08 bits per heavy atom. The van der Waals surface area contributed by atoms with Gasteiger partial charge in [-0.15, -0.1) is 0 Å². The fraction of sp³-hybridized carbons (Fsp3) is 0.167. The zero-order valence-corrected chi connectivity index (χ0v) is 14.3. The molecule has 0 saturated carbocycles. The van der Waals surface area contributed by atoms with Crippen LogP contribution in [-0.2, 0) is 14.3 Å². The van der Waals surface area contributed by atoms with Crippen LogP contribution in [0.15, 0.2) is 48.5 Å². The Labute approximate surface area is 150 Å². The average Bonchev–Trinajstić information content (AvgIpc) is 2.61. The lowest BCUT2D eigenvalue weighted by Gasteiger charge is -2.09. The number of carbonyl (C=O) groups excluding carboxylic acids is 3. The number of esters is 1. The van der Waals surface area contributed by atoms with E-state index in [0.29, 0.717) is 16.3 Å². The van der Waals surface area contributed by atoms with Crippen molar-refractivity contribution in [2.75, 3.05) is 18.5 Å². The highest BCUT2D eigenvalue weighted by Crippen LogP contribution is 2.22. The van der Waals surface area contributed by atoms with Crippen LogP contribution < -0.4 is 10.6 Å². The molecular weight excluding hydrogens is 344 g/mol. The van der Waals surface area contributed by atoms with Crippen LogP contribution in [0.4, 0.5) is 5.69 Å². The van der Waals surface area contributed by atoms with Gasteiger partial charge in [0.1, 0.15) is 6.54 Å². The fourth-order valence-electron chi connectivity index (χ4n) is 1.95. The molecule has 0 atom stereocenters. The SMILES string of the molecule is Cc1ccc(NC(=O)COC(=O)CNC(=O)c2ccccc2)c(Cl)c1. The van der Waals surface area contributed by atoms with Crippen molar-refractivity contribution in [1.29, 1.82) is 0 Å². The monoisotopic (exact) mass is 360 g/mol. The van der Waals surface area contributed by atoms with Crippen molar-refractivity contribution in [2.24, 2.45) is 0 Å². The minimum Gasteiger partial charge on any atom is -0.454 e. The lowest BCUT2D eigenvalue weighted by molar-refractivity contribution is -0.146. The van der Waals surface area contributed by atoms with Gasteiger partial charge >= 0.3 is 5.97 Å². The number of ether oxygens (including phenoxy) is 1. The van der Waals surface area contributed by atoms with Gasteiger partial charge in [-0.2, -0.15) is 0 Å². The van der Waals surface area contributed by atoms with Crippen molar-refractivity contribution in [3.8, 4) is 0 Å². The topological polar surface area (TPSA) is 84.5 Å². The summed E-state index contributed by atoms with van der Waals surface area (Å²) in [7, 11) is 0. The van der Waals surface area contributed by atoms with Crippen molar-refractivity contribution in [3.63, 3.8) is 0 Å². The molecule has 0 fully saturated rings. The zero-order chi connectivity index (χ0) is 18.2. The van der Waals surface area contributed by atoms with E-state index >= 15 is 0 Å². The molecule has 25 heavy (non-hydrogen) atoms. The molecule has 0 heterocycles. The summed E-state index contributed by atoms with van der Waals surface area (Å²) in [5, 5.41) is 5.37. The number of rotatable bonds is 6. The summed E-state index contributed by atoms with van der Waals surface area (Å²) in [6, 6.07) is 13.6. The molecule has 0 aliphatic carbocycles. The first-order chi connectivity index (χ1) is 12.0. The predicted molar refractivity (Wildman–Crippen MR) is 94.6 cm³/mol. The summed E-state index contributed by atoms with van der Waals surface area (Å²) in [4.78, 5) is 35.2. The van der Waals surface area contributed by atoms with Crippen LogP contribution in [0.2, 0.25) is 5.02 Å². The molecule has 0 radical (unpaired) electrons. The maximum Gasteiger partial charge on any atom is 0.325 e. The highest BCUT2D eigenvalue weighted by molar-refractivity contribution is 6.33. The molecule has 2 aromatic carbocycles. The maximum absolute atomic E-state index is 11.8. The van der Waals surface area contributed by atoms with Crippen LogP contribution >= 0.6 is 11.6 Å². The number of aryl methyl sites for hydroxylation is 1. The van der Waals surface area contributed by atoms with E-state index in [2.05, 4.69) is 10.6 Å². The Balaban J connectivity index is 1.74. The molecule has 0 spiro atoms. The van der Waals surface area contributed by atoms with Crippen molar-refractivity contribution in [1.82, 2.24) is 5.32 Å². The normalized spacial score (nSPS) is 10.0. The molecule has 6 nitrogen and oxygen atoms in total. The second-order valence-corrected chi connectivity index (χ2v) is 5.65. The van der Waals surface area contributed by atoms with E-state index in [4.69, 9.17) is 16.3 Å². The van der Waals surface area contributed by atoms with Gasteiger partial charge in [-0.1, -0.05) is 35.9 Å². The van der Waals surface area contributed by atoms with E-state index in [1.54, 1.807) is 48.5 Å². The Kier molecular flexibility index (Phi) is 6.54. The van der Waals surface area contributed by atoms with Crippen molar-refractivity contribution < 1.29 is 19.1 Å². The molecule has 2 N–H and O–H groups in total. The van der Waals surface area contributed by atoms with Gasteiger partial charge in [0.05, 0.1) is 10.7 Å². The first kappa shape index (κ1) is 18.5. The van der Waals surface area contributed by atoms with Crippen LogP contribution in [-0.4, -0.2) is 30.9 Å². The minimum absolute atomic E-state index is 0.327. The van der Waals surface area contributed by atoms with E-state index in [1.807, 2.05) is 6.92 Å². The van der Waals surface area contributed by atoms with Gasteiger partial charge < -0.3 is 15.4 Å². The lowest BCUT2D eigenvalue weighted by Crippen LogP contribution is -2.32. The number of nitrogens with one attached hydrogen (secondary N) is 2. The number of anilines is 1. The highest BCUT2D eigenvalue weighted by Gasteiger charge is 2.11. The van der Waals surface area contributed by atoms with Gasteiger partial charge in [0.25, 0.3) is 11.8 Å². The van der Waals surface area contributed by atoms with Crippen molar-refractivity contribution >= 4 is 35.1 Å². The Morgan fingerprint density at radius 3 is 2.48 bits per heavy atom. The van der Waals surface area contributed by atoms with Gasteiger partial charge in [0, 0.05) is 5.56 Å². The summed E-state index contributed by atoms with van der Waals surface area (Å²) in [5.74, 6) is -1.63. The number of amides is 2. The fourth-order valence-corrected chi connectivity index (χ4v) is 2.23. The first-order valence-corrected chi connectivity index (χ1v) is 7.88. The third kappa shape index (κ3) is 5.93. The summed E-state index contributed by atoms with van der Waals surface area (Å²) < 4.78 is 4.82. The molecule has 2 rings (SSSR count). The molecule has 130 valence electrons. The van der Waals surface area contributed by atoms with E-state index in [-0.39, 0.29) is 6.54 Å². The molecule has 0 bridgehead atoms. The summed E-state index contributed by atoms with van der Waals surface area (Å²) in [5.41, 5.74) is 1.83. The van der Waals surface area contributed by atoms with Crippen molar-refractivity contribution in [3.05, 3.63) is 64.7 Å². The molecule has 2 aromatic rings. The average molecular weight is 361 g/mol. The second-order valence-electron chi connectivity index (χ2n) is 5.24. The second kappa shape index (κ2) is 8.84. The summed E-state index contributed by atoms with van der Waals surface area (Å²) in [6.07, 6.45) is 0. The standard InChI is InChI=1S/C18H17ClN2O4/c1-12-7-8-15(14(19)9-12)21-16(22)11-25-17(23)10-20-18(24)13-5-3-2-4-6-13/h2-9H,10-11H2,1H3,(H,20,24)(H,21,22). The molecule has 7 heteroatoms. The summed E-state index contributed by atoms with van der Waals surface area (Å²) in [6.45, 7) is 1.08. The number of benzene rings is 2. The molecule has 0 aliphatic rings. The lowest BCUT2D eigenvalue weighted by atomic mass is 10.2. The molecule has 0 aromatic heterocycles. The van der Waals surface area contributed by atoms with E-state index in [1.165, 1.54) is 0 Å². The van der Waals surface area contributed by atoms with Gasteiger partial charge in [-0.3, -0.25) is 14.4 Å². The van der Waals surface area contributed by atoms with Crippen LogP contribution in [0.1, 0.15) is 15.9 Å². The third-order valence-corrected chi connectivity index (χ3v) is 3.50. The quantitative estimate of drug-likeness (QED) is 0.775. The van der Waals surface area contributed by atoms with Gasteiger partial charge in [0.2, 0.25) is 0 Å². The smallest absolute Gasteiger partial charge is 0.325 e. The molecule has 0 saturated heterocycles. The predicted octanol–water partition coefficient (Wildman–Crippen LogP) is 2.56. The van der Waals surface area contributed by atoms with Crippen LogP contribution in [0.25, 0.3) is 0 Å². The van der Waals surface area contributed by atoms with Crippen LogP contribution in [0, 0.1) is 6.92 Å². The van der Waals surface area contributed by atoms with Gasteiger partial charge in [-0.25, -0.2) is 0 Å². The third-order valence-electron chi connectivity index (χ3n) is 3.19. The van der Waals surface area contributed by atoms with Crippen molar-refractivity contribution in [2.45, 2.75) is 6.92 Å². The van der Waals surface area contributed by atoms with E-state index < -0.39 is 24.4 Å². The molecular formula is C18H17ClN2O4. The van der Waals surface area contributed by atoms with Crippen LogP contribution in [0.3, 0.4) is 0 Å². The number of hydrogen-bond donors (Lipinski definition) is 2. The Bertz CT molecular complexity index is 778. The highest BCUT2D eigenvalue weighted by atomic mass is 35.5. The van der Waals surface area contributed by atoms with Crippen LogP contribution in [0.5, 0.6) is 0 Å². The largest absolute Gasteiger partial charge is 0.454 e. The number of halogens is 1. The minimum atomic E-state index is -0.713. The zero-order valence-electron chi connectivity index (χ0n) is 13.5. The van der Waals surface area contributed by atoms with Gasteiger partial charge in [0.15, 0.2) is 6.61 Å². The number of hydrogen-bond acceptors (Lipinski definition) is 4. The van der Waals surface area contributed by atoms with E-state index in [9.17, 15) is 14.4 Å². The first-order valence-electron chi connectivity index (χ1n) is 7.50. The maximum atomic E-state index is 11.8. The number of carbonyl (C=O) groups is 3. The van der Waals surface area contributed by atoms with E-state index in [0.717, 1.165) is 5.56 Å².